The Balaban J connectivity index is 1.50. The molecule has 0 saturated carbocycles. The summed E-state index contributed by atoms with van der Waals surface area (Å²) < 4.78 is 0. The van der Waals surface area contributed by atoms with Gasteiger partial charge in [-0.15, -0.1) is 0 Å². The molecule has 8 nitrogen and oxygen atoms in total. The van der Waals surface area contributed by atoms with Gasteiger partial charge in [-0.3, -0.25) is 4.79 Å². The van der Waals surface area contributed by atoms with Crippen LogP contribution in [-0.4, -0.2) is 40.0 Å². The second-order valence-corrected chi connectivity index (χ2v) is 8.39. The van der Waals surface area contributed by atoms with Gasteiger partial charge in [0.15, 0.2) is 0 Å². The Morgan fingerprint density at radius 1 is 0.972 bits per heavy atom. The van der Waals surface area contributed by atoms with Crippen molar-refractivity contribution in [3.8, 4) is 0 Å². The van der Waals surface area contributed by atoms with E-state index in [1.165, 1.54) is 12.4 Å². The first-order valence-electron chi connectivity index (χ1n) is 11.9. The molecule has 1 unspecified atom stereocenters. The van der Waals surface area contributed by atoms with Crippen LogP contribution in [0.5, 0.6) is 0 Å². The lowest BCUT2D eigenvalue weighted by molar-refractivity contribution is 0.0698. The maximum absolute atomic E-state index is 12.8. The third kappa shape index (κ3) is 5.27. The number of carbonyl (C=O) groups excluding carboxylic acids is 1. The smallest absolute Gasteiger partial charge is 0.337 e. The first-order valence-corrected chi connectivity index (χ1v) is 11.9. The SMILES string of the molecule is CCN(CC)c1ccc(C(=O)Nc2cccc(C(C)Nc3ncnc4c(C(=O)O)cccc34)c2)cc1. The molecule has 0 fully saturated rings. The molecule has 1 amide bonds. The summed E-state index contributed by atoms with van der Waals surface area (Å²) in [6, 6.07) is 20.0. The highest BCUT2D eigenvalue weighted by Gasteiger charge is 2.15. The van der Waals surface area contributed by atoms with E-state index in [1.807, 2.05) is 55.5 Å². The van der Waals surface area contributed by atoms with Crippen LogP contribution in [0, 0.1) is 0 Å². The number of fused-ring (bicyclic) bond motifs is 1. The Kier molecular flexibility index (Phi) is 7.44. The van der Waals surface area contributed by atoms with Crippen molar-refractivity contribution in [2.45, 2.75) is 26.8 Å². The van der Waals surface area contributed by atoms with Gasteiger partial charge < -0.3 is 20.6 Å². The summed E-state index contributed by atoms with van der Waals surface area (Å²) in [5, 5.41) is 16.4. The van der Waals surface area contributed by atoms with E-state index in [9.17, 15) is 14.7 Å². The number of rotatable bonds is 9. The van der Waals surface area contributed by atoms with Crippen molar-refractivity contribution in [3.63, 3.8) is 0 Å². The molecule has 4 aromatic rings. The van der Waals surface area contributed by atoms with E-state index in [-0.39, 0.29) is 17.5 Å². The van der Waals surface area contributed by atoms with Crippen molar-refractivity contribution >= 4 is 40.0 Å². The summed E-state index contributed by atoms with van der Waals surface area (Å²) in [6.07, 6.45) is 1.35. The van der Waals surface area contributed by atoms with Crippen molar-refractivity contribution in [2.24, 2.45) is 0 Å². The lowest BCUT2D eigenvalue weighted by Gasteiger charge is -2.21. The number of benzene rings is 3. The van der Waals surface area contributed by atoms with Crippen LogP contribution in [0.25, 0.3) is 10.9 Å². The number of carbonyl (C=O) groups is 2. The first kappa shape index (κ1) is 24.7. The number of hydrogen-bond donors (Lipinski definition) is 3. The predicted molar refractivity (Wildman–Crippen MR) is 143 cm³/mol. The van der Waals surface area contributed by atoms with Gasteiger partial charge in [0.2, 0.25) is 0 Å². The number of nitrogens with zero attached hydrogens (tertiary/aromatic N) is 3. The lowest BCUT2D eigenvalue weighted by Crippen LogP contribution is -2.21. The summed E-state index contributed by atoms with van der Waals surface area (Å²) in [6.45, 7) is 8.00. The number of amides is 1. The van der Waals surface area contributed by atoms with Crippen molar-refractivity contribution in [1.29, 1.82) is 0 Å². The number of hydrogen-bond acceptors (Lipinski definition) is 6. The molecule has 36 heavy (non-hydrogen) atoms. The number of carboxylic acids is 1. The van der Waals surface area contributed by atoms with Gasteiger partial charge in [-0.05, 0) is 74.9 Å². The van der Waals surface area contributed by atoms with Gasteiger partial charge in [-0.25, -0.2) is 14.8 Å². The number of para-hydroxylation sites is 1. The molecule has 0 radical (unpaired) electrons. The van der Waals surface area contributed by atoms with Crippen LogP contribution in [0.3, 0.4) is 0 Å². The Bertz CT molecular complexity index is 1380. The number of nitrogens with one attached hydrogen (secondary N) is 2. The zero-order chi connectivity index (χ0) is 25.7. The van der Waals surface area contributed by atoms with Gasteiger partial charge in [0.25, 0.3) is 5.91 Å². The summed E-state index contributed by atoms with van der Waals surface area (Å²) in [4.78, 5) is 35.1. The molecule has 0 spiro atoms. The maximum Gasteiger partial charge on any atom is 0.337 e. The first-order chi connectivity index (χ1) is 17.4. The number of aromatic nitrogens is 2. The normalized spacial score (nSPS) is 11.6. The van der Waals surface area contributed by atoms with E-state index >= 15 is 0 Å². The van der Waals surface area contributed by atoms with E-state index in [4.69, 9.17) is 0 Å². The third-order valence-electron chi connectivity index (χ3n) is 6.15. The molecule has 0 aliphatic heterocycles. The Labute approximate surface area is 210 Å². The van der Waals surface area contributed by atoms with Gasteiger partial charge in [0.05, 0.1) is 17.1 Å². The average Bonchev–Trinajstić information content (AvgIpc) is 2.89. The lowest BCUT2D eigenvalue weighted by atomic mass is 10.1. The Morgan fingerprint density at radius 3 is 2.39 bits per heavy atom. The molecule has 3 aromatic carbocycles. The van der Waals surface area contributed by atoms with E-state index in [0.717, 1.165) is 24.3 Å². The topological polar surface area (TPSA) is 107 Å². The van der Waals surface area contributed by atoms with Gasteiger partial charge in [0.1, 0.15) is 12.1 Å². The fourth-order valence-electron chi connectivity index (χ4n) is 4.16. The fraction of sp³-hybridized carbons (Fsp3) is 0.214. The standard InChI is InChI=1S/C28H29N5O3/c1-4-33(5-2)22-14-12-19(13-15-22)27(34)32-21-9-6-8-20(16-21)18(3)31-26-23-10-7-11-24(28(35)36)25(23)29-17-30-26/h6-18H,4-5H2,1-3H3,(H,32,34)(H,35,36)(H,29,30,31). The number of aromatic carboxylic acids is 1. The second-order valence-electron chi connectivity index (χ2n) is 8.39. The summed E-state index contributed by atoms with van der Waals surface area (Å²) in [7, 11) is 0. The summed E-state index contributed by atoms with van der Waals surface area (Å²) >= 11 is 0. The van der Waals surface area contributed by atoms with Crippen molar-refractivity contribution < 1.29 is 14.7 Å². The second kappa shape index (κ2) is 10.9. The van der Waals surface area contributed by atoms with Crippen molar-refractivity contribution in [2.75, 3.05) is 28.6 Å². The van der Waals surface area contributed by atoms with E-state index in [2.05, 4.69) is 39.3 Å². The molecular weight excluding hydrogens is 454 g/mol. The molecule has 1 aromatic heterocycles. The highest BCUT2D eigenvalue weighted by molar-refractivity contribution is 6.05. The third-order valence-corrected chi connectivity index (χ3v) is 6.15. The summed E-state index contributed by atoms with van der Waals surface area (Å²) in [5.41, 5.74) is 3.80. The maximum atomic E-state index is 12.8. The van der Waals surface area contributed by atoms with Crippen LogP contribution >= 0.6 is 0 Å². The van der Waals surface area contributed by atoms with Crippen LogP contribution in [0.1, 0.15) is 53.1 Å². The number of carboxylic acid groups (broad SMARTS) is 1. The van der Waals surface area contributed by atoms with Crippen LogP contribution < -0.4 is 15.5 Å². The molecule has 0 bridgehead atoms. The molecule has 0 saturated heterocycles. The van der Waals surface area contributed by atoms with Crippen LogP contribution in [-0.2, 0) is 0 Å². The molecular formula is C28H29N5O3. The van der Waals surface area contributed by atoms with Crippen LogP contribution in [0.2, 0.25) is 0 Å². The van der Waals surface area contributed by atoms with E-state index in [0.29, 0.717) is 28.0 Å². The quantitative estimate of drug-likeness (QED) is 0.284. The zero-order valence-electron chi connectivity index (χ0n) is 20.5. The minimum Gasteiger partial charge on any atom is -0.478 e. The molecule has 0 aliphatic rings. The molecule has 1 heterocycles. The molecule has 1 atom stereocenters. The largest absolute Gasteiger partial charge is 0.478 e. The Morgan fingerprint density at radius 2 is 1.69 bits per heavy atom. The fourth-order valence-corrected chi connectivity index (χ4v) is 4.16. The van der Waals surface area contributed by atoms with Gasteiger partial charge in [-0.2, -0.15) is 0 Å². The van der Waals surface area contributed by atoms with Crippen LogP contribution in [0.4, 0.5) is 17.2 Å². The zero-order valence-corrected chi connectivity index (χ0v) is 20.5. The summed E-state index contributed by atoms with van der Waals surface area (Å²) in [5.74, 6) is -0.676. The average molecular weight is 484 g/mol. The van der Waals surface area contributed by atoms with E-state index in [1.54, 1.807) is 12.1 Å². The molecule has 4 rings (SSSR count). The molecule has 3 N–H and O–H groups in total. The minimum atomic E-state index is -1.04. The number of anilines is 3. The minimum absolute atomic E-state index is 0.125. The van der Waals surface area contributed by atoms with E-state index < -0.39 is 5.97 Å². The van der Waals surface area contributed by atoms with Crippen molar-refractivity contribution in [3.05, 3.63) is 89.7 Å². The van der Waals surface area contributed by atoms with Crippen LogP contribution in [0.15, 0.2) is 73.1 Å². The monoisotopic (exact) mass is 483 g/mol. The highest BCUT2D eigenvalue weighted by atomic mass is 16.4. The van der Waals surface area contributed by atoms with Gasteiger partial charge in [0, 0.05) is 35.4 Å². The molecule has 0 aliphatic carbocycles. The molecule has 8 heteroatoms. The predicted octanol–water partition coefficient (Wildman–Crippen LogP) is 5.60. The molecule has 184 valence electrons. The highest BCUT2D eigenvalue weighted by Crippen LogP contribution is 2.27. The van der Waals surface area contributed by atoms with Gasteiger partial charge in [-0.1, -0.05) is 18.2 Å². The van der Waals surface area contributed by atoms with Gasteiger partial charge >= 0.3 is 5.97 Å². The van der Waals surface area contributed by atoms with Crippen molar-refractivity contribution in [1.82, 2.24) is 9.97 Å². The Hall–Kier alpha value is -4.46.